The fourth-order valence-corrected chi connectivity index (χ4v) is 2.41. The SMILES string of the molecule is CCSC(C)C(=O)N(CC)c1cn[nH]c1Cl. The molecule has 0 bridgehead atoms. The fraction of sp³-hybridized carbons (Fsp3) is 0.600. The van der Waals surface area contributed by atoms with Crippen LogP contribution in [0, 0.1) is 0 Å². The minimum Gasteiger partial charge on any atom is -0.308 e. The van der Waals surface area contributed by atoms with Crippen LogP contribution in [0.5, 0.6) is 0 Å². The summed E-state index contributed by atoms with van der Waals surface area (Å²) in [5, 5.41) is 6.79. The van der Waals surface area contributed by atoms with Gasteiger partial charge < -0.3 is 4.90 Å². The molecule has 1 atom stereocenters. The second kappa shape index (κ2) is 6.15. The van der Waals surface area contributed by atoms with Gasteiger partial charge in [-0.3, -0.25) is 9.89 Å². The molecular weight excluding hydrogens is 246 g/mol. The van der Waals surface area contributed by atoms with Crippen LogP contribution in [0.25, 0.3) is 0 Å². The van der Waals surface area contributed by atoms with Crippen molar-refractivity contribution in [3.05, 3.63) is 11.3 Å². The predicted molar refractivity (Wildman–Crippen MR) is 69.2 cm³/mol. The average molecular weight is 262 g/mol. The van der Waals surface area contributed by atoms with E-state index in [4.69, 9.17) is 11.6 Å². The second-order valence-electron chi connectivity index (χ2n) is 3.25. The molecule has 1 N–H and O–H groups in total. The molecule has 0 radical (unpaired) electrons. The maximum atomic E-state index is 12.1. The zero-order valence-corrected chi connectivity index (χ0v) is 11.2. The summed E-state index contributed by atoms with van der Waals surface area (Å²) in [5.74, 6) is 0.987. The Balaban J connectivity index is 2.83. The number of halogens is 1. The number of hydrogen-bond donors (Lipinski definition) is 1. The van der Waals surface area contributed by atoms with Crippen molar-refractivity contribution in [3.63, 3.8) is 0 Å². The maximum absolute atomic E-state index is 12.1. The molecule has 1 aromatic rings. The smallest absolute Gasteiger partial charge is 0.239 e. The van der Waals surface area contributed by atoms with Crippen molar-refractivity contribution in [2.24, 2.45) is 0 Å². The van der Waals surface area contributed by atoms with Crippen molar-refractivity contribution in [1.82, 2.24) is 10.2 Å². The van der Waals surface area contributed by atoms with Crippen molar-refractivity contribution in [2.45, 2.75) is 26.0 Å². The van der Waals surface area contributed by atoms with E-state index in [1.807, 2.05) is 20.8 Å². The lowest BCUT2D eigenvalue weighted by atomic mass is 10.3. The van der Waals surface area contributed by atoms with Crippen LogP contribution in [0.3, 0.4) is 0 Å². The molecule has 16 heavy (non-hydrogen) atoms. The van der Waals surface area contributed by atoms with Gasteiger partial charge in [0.15, 0.2) is 0 Å². The van der Waals surface area contributed by atoms with E-state index in [-0.39, 0.29) is 11.2 Å². The first-order chi connectivity index (χ1) is 7.61. The molecule has 0 aliphatic heterocycles. The monoisotopic (exact) mass is 261 g/mol. The molecule has 4 nitrogen and oxygen atoms in total. The zero-order chi connectivity index (χ0) is 12.1. The lowest BCUT2D eigenvalue weighted by molar-refractivity contribution is -0.117. The van der Waals surface area contributed by atoms with Crippen LogP contribution in [0.2, 0.25) is 5.15 Å². The third-order valence-corrected chi connectivity index (χ3v) is 3.53. The number of thioether (sulfide) groups is 1. The van der Waals surface area contributed by atoms with Crippen molar-refractivity contribution >= 4 is 35.0 Å². The highest BCUT2D eigenvalue weighted by Crippen LogP contribution is 2.25. The number of amides is 1. The van der Waals surface area contributed by atoms with Crippen LogP contribution in [0.15, 0.2) is 6.20 Å². The summed E-state index contributed by atoms with van der Waals surface area (Å²) in [5.41, 5.74) is 0.651. The van der Waals surface area contributed by atoms with Crippen molar-refractivity contribution in [3.8, 4) is 0 Å². The Hall–Kier alpha value is -0.680. The Bertz CT molecular complexity index is 356. The number of aromatic nitrogens is 2. The Labute approximate surface area is 105 Å². The van der Waals surface area contributed by atoms with Gasteiger partial charge in [-0.2, -0.15) is 5.10 Å². The minimum atomic E-state index is -0.0593. The molecule has 0 saturated carbocycles. The number of anilines is 1. The van der Waals surface area contributed by atoms with E-state index in [9.17, 15) is 4.79 Å². The Kier molecular flexibility index (Phi) is 5.15. The minimum absolute atomic E-state index is 0.0593. The van der Waals surface area contributed by atoms with Crippen molar-refractivity contribution < 1.29 is 4.79 Å². The molecule has 0 aromatic carbocycles. The summed E-state index contributed by atoms with van der Waals surface area (Å²) >= 11 is 7.54. The van der Waals surface area contributed by atoms with E-state index in [0.29, 0.717) is 17.4 Å². The normalized spacial score (nSPS) is 12.5. The Morgan fingerprint density at radius 2 is 2.38 bits per heavy atom. The molecule has 1 unspecified atom stereocenters. The molecule has 6 heteroatoms. The summed E-state index contributed by atoms with van der Waals surface area (Å²) in [6.45, 7) is 6.46. The third kappa shape index (κ3) is 2.92. The van der Waals surface area contributed by atoms with Gasteiger partial charge in [0, 0.05) is 6.54 Å². The van der Waals surface area contributed by atoms with Gasteiger partial charge in [0.2, 0.25) is 5.91 Å². The number of hydrogen-bond acceptors (Lipinski definition) is 3. The number of nitrogens with one attached hydrogen (secondary N) is 1. The molecule has 1 heterocycles. The lowest BCUT2D eigenvalue weighted by Crippen LogP contribution is -2.36. The van der Waals surface area contributed by atoms with E-state index < -0.39 is 0 Å². The van der Waals surface area contributed by atoms with Gasteiger partial charge in [-0.1, -0.05) is 18.5 Å². The molecule has 1 rings (SSSR count). The Morgan fingerprint density at radius 1 is 1.69 bits per heavy atom. The molecule has 90 valence electrons. The van der Waals surface area contributed by atoms with Crippen LogP contribution in [0.1, 0.15) is 20.8 Å². The number of nitrogens with zero attached hydrogens (tertiary/aromatic N) is 2. The van der Waals surface area contributed by atoms with Gasteiger partial charge in [0.05, 0.1) is 11.4 Å². The fourth-order valence-electron chi connectivity index (χ4n) is 1.44. The van der Waals surface area contributed by atoms with E-state index in [1.165, 1.54) is 0 Å². The first kappa shape index (κ1) is 13.4. The van der Waals surface area contributed by atoms with Crippen molar-refractivity contribution in [1.29, 1.82) is 0 Å². The number of aromatic amines is 1. The summed E-state index contributed by atoms with van der Waals surface area (Å²) in [7, 11) is 0. The Morgan fingerprint density at radius 3 is 2.81 bits per heavy atom. The summed E-state index contributed by atoms with van der Waals surface area (Å²) in [6.07, 6.45) is 1.58. The largest absolute Gasteiger partial charge is 0.308 e. The molecule has 0 spiro atoms. The van der Waals surface area contributed by atoms with Gasteiger partial charge in [0.25, 0.3) is 0 Å². The topological polar surface area (TPSA) is 49.0 Å². The van der Waals surface area contributed by atoms with Crippen LogP contribution in [-0.4, -0.2) is 33.7 Å². The van der Waals surface area contributed by atoms with Crippen molar-refractivity contribution in [2.75, 3.05) is 17.2 Å². The quantitative estimate of drug-likeness (QED) is 0.886. The number of H-pyrrole nitrogens is 1. The maximum Gasteiger partial charge on any atom is 0.239 e. The molecule has 1 amide bonds. The molecule has 0 aliphatic rings. The standard InChI is InChI=1S/C10H16ClN3OS/c1-4-14(8-6-12-13-9(8)11)10(15)7(3)16-5-2/h6-7H,4-5H2,1-3H3,(H,12,13). The molecule has 0 saturated heterocycles. The van der Waals surface area contributed by atoms with E-state index in [2.05, 4.69) is 10.2 Å². The van der Waals surface area contributed by atoms with Crippen LogP contribution in [0.4, 0.5) is 5.69 Å². The van der Waals surface area contributed by atoms with Gasteiger partial charge in [-0.25, -0.2) is 0 Å². The van der Waals surface area contributed by atoms with Gasteiger partial charge in [-0.05, 0) is 19.6 Å². The van der Waals surface area contributed by atoms with Gasteiger partial charge in [0.1, 0.15) is 10.8 Å². The molecule has 1 aromatic heterocycles. The first-order valence-electron chi connectivity index (χ1n) is 5.23. The highest BCUT2D eigenvalue weighted by Gasteiger charge is 2.23. The predicted octanol–water partition coefficient (Wildman–Crippen LogP) is 2.56. The first-order valence-corrected chi connectivity index (χ1v) is 6.66. The third-order valence-electron chi connectivity index (χ3n) is 2.21. The zero-order valence-electron chi connectivity index (χ0n) is 9.66. The lowest BCUT2D eigenvalue weighted by Gasteiger charge is -2.22. The number of carbonyl (C=O) groups is 1. The molecule has 0 aliphatic carbocycles. The van der Waals surface area contributed by atoms with Gasteiger partial charge >= 0.3 is 0 Å². The van der Waals surface area contributed by atoms with Crippen LogP contribution in [-0.2, 0) is 4.79 Å². The highest BCUT2D eigenvalue weighted by molar-refractivity contribution is 8.00. The second-order valence-corrected chi connectivity index (χ2v) is 5.25. The van der Waals surface area contributed by atoms with E-state index in [0.717, 1.165) is 5.75 Å². The summed E-state index contributed by atoms with van der Waals surface area (Å²) in [6, 6.07) is 0. The number of rotatable bonds is 5. The highest BCUT2D eigenvalue weighted by atomic mass is 35.5. The van der Waals surface area contributed by atoms with Crippen LogP contribution < -0.4 is 4.90 Å². The average Bonchev–Trinajstić information content (AvgIpc) is 2.66. The molecule has 0 fully saturated rings. The summed E-state index contributed by atoms with van der Waals surface area (Å²) < 4.78 is 0. The van der Waals surface area contributed by atoms with Gasteiger partial charge in [-0.15, -0.1) is 11.8 Å². The van der Waals surface area contributed by atoms with E-state index in [1.54, 1.807) is 22.9 Å². The molecular formula is C10H16ClN3OS. The van der Waals surface area contributed by atoms with E-state index >= 15 is 0 Å². The summed E-state index contributed by atoms with van der Waals surface area (Å²) in [4.78, 5) is 13.8. The number of carbonyl (C=O) groups excluding carboxylic acids is 1. The van der Waals surface area contributed by atoms with Crippen LogP contribution >= 0.6 is 23.4 Å².